The van der Waals surface area contributed by atoms with E-state index in [-0.39, 0.29) is 18.5 Å². The van der Waals surface area contributed by atoms with E-state index in [0.29, 0.717) is 58.8 Å². The number of imidazole rings is 1. The zero-order chi connectivity index (χ0) is 27.0. The number of aliphatic hydroxyl groups excluding tert-OH is 1. The van der Waals surface area contributed by atoms with Crippen molar-refractivity contribution in [2.45, 2.75) is 32.8 Å². The van der Waals surface area contributed by atoms with Crippen LogP contribution >= 0.6 is 23.2 Å². The second-order valence-corrected chi connectivity index (χ2v) is 10.6. The third-order valence-electron chi connectivity index (χ3n) is 6.99. The molecule has 1 aliphatic heterocycles. The largest absolute Gasteiger partial charge is 0.458 e. The number of hydrogen-bond donors (Lipinski definition) is 2. The first kappa shape index (κ1) is 26.2. The number of ether oxygens (including phenoxy) is 1. The predicted octanol–water partition coefficient (Wildman–Crippen LogP) is 4.64. The molecular formula is C27H28Cl2N6O3. The molecule has 4 aromatic rings. The van der Waals surface area contributed by atoms with Gasteiger partial charge in [-0.15, -0.1) is 0 Å². The van der Waals surface area contributed by atoms with E-state index in [2.05, 4.69) is 4.90 Å². The van der Waals surface area contributed by atoms with E-state index in [1.54, 1.807) is 19.1 Å². The quantitative estimate of drug-likeness (QED) is 0.341. The highest BCUT2D eigenvalue weighted by molar-refractivity contribution is 6.33. The molecule has 1 fully saturated rings. The minimum Gasteiger partial charge on any atom is -0.458 e. The smallest absolute Gasteiger partial charge is 0.320 e. The maximum atomic E-state index is 12.1. The number of carbonyl (C=O) groups excluding carboxylic acids is 1. The van der Waals surface area contributed by atoms with Gasteiger partial charge in [0.1, 0.15) is 11.9 Å². The second kappa shape index (κ2) is 10.4. The van der Waals surface area contributed by atoms with Gasteiger partial charge in [-0.3, -0.25) is 9.36 Å². The standard InChI is InChI=1S/C27H28Cl2N6O3/c1-16(15-36)38-26-32-23(34-13-11-27(2,12-14-34)25(30)37)21-24(33-26)35(18-9-7-17(28)8-10-18)22(31-21)19-5-3-4-6-20(19)29/h3-10,16,36H,11-15H2,1-2H3,(H2,30,37)/t16-/m1/s1. The second-order valence-electron chi connectivity index (χ2n) is 9.75. The number of hydrogen-bond acceptors (Lipinski definition) is 7. The molecule has 1 saturated heterocycles. The number of carbonyl (C=O) groups is 1. The van der Waals surface area contributed by atoms with Gasteiger partial charge in [0.25, 0.3) is 0 Å². The Labute approximate surface area is 230 Å². The van der Waals surface area contributed by atoms with Crippen LogP contribution in [0.15, 0.2) is 48.5 Å². The number of halogens is 2. The first-order valence-corrected chi connectivity index (χ1v) is 13.1. The van der Waals surface area contributed by atoms with Gasteiger partial charge in [0, 0.05) is 34.8 Å². The molecule has 1 amide bonds. The number of fused-ring (bicyclic) bond motifs is 1. The lowest BCUT2D eigenvalue weighted by atomic mass is 9.80. The van der Waals surface area contributed by atoms with Gasteiger partial charge in [-0.05, 0) is 56.2 Å². The van der Waals surface area contributed by atoms with Crippen LogP contribution in [0.5, 0.6) is 6.01 Å². The van der Waals surface area contributed by atoms with Crippen LogP contribution < -0.4 is 15.4 Å². The van der Waals surface area contributed by atoms with Crippen molar-refractivity contribution in [1.82, 2.24) is 19.5 Å². The number of aromatic nitrogens is 4. The summed E-state index contributed by atoms with van der Waals surface area (Å²) in [6, 6.07) is 14.9. The molecule has 0 bridgehead atoms. The van der Waals surface area contributed by atoms with Crippen molar-refractivity contribution in [2.24, 2.45) is 11.1 Å². The van der Waals surface area contributed by atoms with Crippen molar-refractivity contribution >= 4 is 46.1 Å². The molecule has 9 nitrogen and oxygen atoms in total. The summed E-state index contributed by atoms with van der Waals surface area (Å²) in [7, 11) is 0. The Morgan fingerprint density at radius 1 is 1.11 bits per heavy atom. The molecule has 1 atom stereocenters. The molecule has 11 heteroatoms. The molecular weight excluding hydrogens is 527 g/mol. The molecule has 1 aliphatic rings. The third-order valence-corrected chi connectivity index (χ3v) is 7.57. The minimum atomic E-state index is -0.585. The summed E-state index contributed by atoms with van der Waals surface area (Å²) < 4.78 is 7.76. The number of nitrogens with two attached hydrogens (primary N) is 1. The summed E-state index contributed by atoms with van der Waals surface area (Å²) in [5, 5.41) is 10.7. The van der Waals surface area contributed by atoms with Crippen molar-refractivity contribution in [1.29, 1.82) is 0 Å². The Balaban J connectivity index is 1.74. The maximum Gasteiger partial charge on any atom is 0.320 e. The number of nitrogens with zero attached hydrogens (tertiary/aromatic N) is 5. The Kier molecular flexibility index (Phi) is 7.17. The van der Waals surface area contributed by atoms with E-state index in [1.807, 2.05) is 47.9 Å². The summed E-state index contributed by atoms with van der Waals surface area (Å²) in [4.78, 5) is 28.6. The lowest BCUT2D eigenvalue weighted by Crippen LogP contribution is -2.45. The average molecular weight is 555 g/mol. The monoisotopic (exact) mass is 554 g/mol. The van der Waals surface area contributed by atoms with Crippen LogP contribution in [-0.4, -0.2) is 56.3 Å². The van der Waals surface area contributed by atoms with Crippen LogP contribution in [0.2, 0.25) is 10.0 Å². The Bertz CT molecular complexity index is 1480. The molecule has 38 heavy (non-hydrogen) atoms. The van der Waals surface area contributed by atoms with E-state index in [0.717, 1.165) is 11.3 Å². The summed E-state index contributed by atoms with van der Waals surface area (Å²) in [5.74, 6) is 0.844. The maximum absolute atomic E-state index is 12.1. The Morgan fingerprint density at radius 2 is 1.79 bits per heavy atom. The van der Waals surface area contributed by atoms with Crippen molar-refractivity contribution in [3.8, 4) is 23.1 Å². The molecule has 0 spiro atoms. The first-order valence-electron chi connectivity index (χ1n) is 12.3. The van der Waals surface area contributed by atoms with E-state index < -0.39 is 11.5 Å². The Morgan fingerprint density at radius 3 is 2.42 bits per heavy atom. The first-order chi connectivity index (χ1) is 18.2. The number of piperidine rings is 1. The fourth-order valence-electron chi connectivity index (χ4n) is 4.53. The normalized spacial score (nSPS) is 16.0. The molecule has 3 N–H and O–H groups in total. The van der Waals surface area contributed by atoms with Crippen molar-refractivity contribution in [3.63, 3.8) is 0 Å². The van der Waals surface area contributed by atoms with Gasteiger partial charge < -0.3 is 20.5 Å². The van der Waals surface area contributed by atoms with Gasteiger partial charge in [0.2, 0.25) is 5.91 Å². The van der Waals surface area contributed by atoms with Gasteiger partial charge in [0.05, 0.1) is 11.6 Å². The Hall–Kier alpha value is -3.40. The van der Waals surface area contributed by atoms with Gasteiger partial charge in [-0.1, -0.05) is 42.3 Å². The van der Waals surface area contributed by atoms with E-state index in [4.69, 9.17) is 48.6 Å². The number of rotatable bonds is 7. The van der Waals surface area contributed by atoms with E-state index >= 15 is 0 Å². The van der Waals surface area contributed by atoms with Gasteiger partial charge in [0.15, 0.2) is 17.0 Å². The SMILES string of the molecule is C[C@H](CO)Oc1nc(N2CCC(C)(C(N)=O)CC2)c2nc(-c3ccccc3Cl)n(-c3ccc(Cl)cc3)c2n1. The molecule has 198 valence electrons. The van der Waals surface area contributed by atoms with E-state index in [1.165, 1.54) is 0 Å². The average Bonchev–Trinajstić information content (AvgIpc) is 3.28. The number of anilines is 1. The van der Waals surface area contributed by atoms with Crippen LogP contribution in [-0.2, 0) is 4.79 Å². The fourth-order valence-corrected chi connectivity index (χ4v) is 4.88. The van der Waals surface area contributed by atoms with Crippen molar-refractivity contribution in [2.75, 3.05) is 24.6 Å². The summed E-state index contributed by atoms with van der Waals surface area (Å²) in [6.07, 6.45) is 0.633. The van der Waals surface area contributed by atoms with Crippen LogP contribution in [0.4, 0.5) is 5.82 Å². The lowest BCUT2D eigenvalue weighted by Gasteiger charge is -2.37. The molecule has 0 aliphatic carbocycles. The van der Waals surface area contributed by atoms with Crippen LogP contribution in [0, 0.1) is 5.41 Å². The minimum absolute atomic E-state index is 0.109. The van der Waals surface area contributed by atoms with Crippen LogP contribution in [0.3, 0.4) is 0 Å². The van der Waals surface area contributed by atoms with Crippen molar-refractivity contribution < 1.29 is 14.6 Å². The summed E-state index contributed by atoms with van der Waals surface area (Å²) in [5.41, 5.74) is 7.66. The van der Waals surface area contributed by atoms with Gasteiger partial charge in [-0.2, -0.15) is 9.97 Å². The zero-order valence-electron chi connectivity index (χ0n) is 21.1. The summed E-state index contributed by atoms with van der Waals surface area (Å²) >= 11 is 12.8. The molecule has 5 rings (SSSR count). The number of primary amides is 1. The lowest BCUT2D eigenvalue weighted by molar-refractivity contribution is -0.127. The molecule has 0 unspecified atom stereocenters. The van der Waals surface area contributed by atoms with Gasteiger partial charge in [-0.25, -0.2) is 4.98 Å². The molecule has 0 radical (unpaired) electrons. The van der Waals surface area contributed by atoms with Gasteiger partial charge >= 0.3 is 6.01 Å². The highest BCUT2D eigenvalue weighted by Gasteiger charge is 2.37. The highest BCUT2D eigenvalue weighted by atomic mass is 35.5. The third kappa shape index (κ3) is 4.89. The number of aliphatic hydroxyl groups is 1. The number of amides is 1. The van der Waals surface area contributed by atoms with Crippen molar-refractivity contribution in [3.05, 3.63) is 58.6 Å². The highest BCUT2D eigenvalue weighted by Crippen LogP contribution is 2.38. The topological polar surface area (TPSA) is 119 Å². The van der Waals surface area contributed by atoms with Crippen LogP contribution in [0.1, 0.15) is 26.7 Å². The molecule has 3 heterocycles. The molecule has 2 aromatic heterocycles. The molecule has 0 saturated carbocycles. The zero-order valence-corrected chi connectivity index (χ0v) is 22.6. The summed E-state index contributed by atoms with van der Waals surface area (Å²) in [6.45, 7) is 4.53. The fraction of sp³-hybridized carbons (Fsp3) is 0.333. The number of benzene rings is 2. The predicted molar refractivity (Wildman–Crippen MR) is 148 cm³/mol. The molecule has 2 aromatic carbocycles. The van der Waals surface area contributed by atoms with Crippen LogP contribution in [0.25, 0.3) is 28.2 Å². The van der Waals surface area contributed by atoms with E-state index in [9.17, 15) is 9.90 Å².